The average molecular weight is 176 g/mol. The first-order valence-electron chi connectivity index (χ1n) is 4.80. The summed E-state index contributed by atoms with van der Waals surface area (Å²) in [6.45, 7) is 0.743. The smallest absolute Gasteiger partial charge is 0.0565 e. The van der Waals surface area contributed by atoms with Crippen molar-refractivity contribution in [1.29, 1.82) is 0 Å². The first-order valence-corrected chi connectivity index (χ1v) is 4.80. The summed E-state index contributed by atoms with van der Waals surface area (Å²) in [7, 11) is 2.12. The number of fused-ring (bicyclic) bond motifs is 1. The van der Waals surface area contributed by atoms with E-state index < -0.39 is 0 Å². The number of nitrogens with zero attached hydrogens (tertiary/aromatic N) is 1. The largest absolute Gasteiger partial charge is 0.373 e. The molecule has 2 nitrogen and oxygen atoms in total. The Balaban J connectivity index is 2.11. The van der Waals surface area contributed by atoms with Crippen molar-refractivity contribution >= 4 is 0 Å². The zero-order valence-corrected chi connectivity index (χ0v) is 7.98. The number of hydrogen-bond acceptors (Lipinski definition) is 2. The van der Waals surface area contributed by atoms with E-state index in [9.17, 15) is 0 Å². The summed E-state index contributed by atoms with van der Waals surface area (Å²) < 4.78 is 0. The molecule has 2 unspecified atom stereocenters. The summed E-state index contributed by atoms with van der Waals surface area (Å²) in [6, 6.07) is 0.543. The van der Waals surface area contributed by atoms with Crippen LogP contribution < -0.4 is 5.73 Å². The summed E-state index contributed by atoms with van der Waals surface area (Å²) in [5, 5.41) is 0. The number of hydrogen-bond donors (Lipinski definition) is 1. The first-order chi connectivity index (χ1) is 6.31. The van der Waals surface area contributed by atoms with Crippen molar-refractivity contribution in [1.82, 2.24) is 4.90 Å². The molecule has 1 heterocycles. The second-order valence-corrected chi connectivity index (χ2v) is 3.71. The minimum Gasteiger partial charge on any atom is -0.373 e. The number of nitrogens with two attached hydrogens (primary N) is 1. The van der Waals surface area contributed by atoms with Gasteiger partial charge in [0.2, 0.25) is 0 Å². The molecule has 0 saturated heterocycles. The van der Waals surface area contributed by atoms with Gasteiger partial charge in [-0.2, -0.15) is 0 Å². The van der Waals surface area contributed by atoms with E-state index in [1.165, 1.54) is 5.57 Å². The first kappa shape index (κ1) is 8.57. The number of rotatable bonds is 2. The summed E-state index contributed by atoms with van der Waals surface area (Å²) in [6.07, 6.45) is 12.2. The van der Waals surface area contributed by atoms with Gasteiger partial charge in [0.05, 0.1) is 6.04 Å². The minimum atomic E-state index is 0.543. The van der Waals surface area contributed by atoms with E-state index in [0.29, 0.717) is 12.0 Å². The van der Waals surface area contributed by atoms with Crippen molar-refractivity contribution in [2.75, 3.05) is 13.6 Å². The van der Waals surface area contributed by atoms with Gasteiger partial charge in [0.15, 0.2) is 0 Å². The Labute approximate surface area is 79.4 Å². The molecule has 0 aromatic rings. The Morgan fingerprint density at radius 2 is 2.31 bits per heavy atom. The van der Waals surface area contributed by atoms with Gasteiger partial charge in [0.25, 0.3) is 0 Å². The van der Waals surface area contributed by atoms with Crippen LogP contribution in [0.5, 0.6) is 0 Å². The molecule has 0 aromatic heterocycles. The highest BCUT2D eigenvalue weighted by atomic mass is 15.1. The number of likely N-dealkylation sites (N-methyl/N-ethyl adjacent to an activating group) is 1. The van der Waals surface area contributed by atoms with E-state index in [1.54, 1.807) is 0 Å². The molecule has 2 aliphatic rings. The molecule has 0 radical (unpaired) electrons. The van der Waals surface area contributed by atoms with E-state index in [2.05, 4.69) is 42.5 Å². The van der Waals surface area contributed by atoms with Crippen molar-refractivity contribution in [3.05, 3.63) is 36.1 Å². The lowest BCUT2D eigenvalue weighted by molar-refractivity contribution is 0.379. The molecule has 0 saturated carbocycles. The topological polar surface area (TPSA) is 29.3 Å². The van der Waals surface area contributed by atoms with E-state index in [-0.39, 0.29) is 0 Å². The Morgan fingerprint density at radius 3 is 3.08 bits per heavy atom. The molecule has 2 rings (SSSR count). The van der Waals surface area contributed by atoms with Crippen LogP contribution in [0.25, 0.3) is 0 Å². The lowest BCUT2D eigenvalue weighted by Gasteiger charge is -2.25. The zero-order valence-electron chi connectivity index (χ0n) is 7.98. The predicted octanol–water partition coefficient (Wildman–Crippen LogP) is 1.28. The molecule has 1 aliphatic heterocycles. The molecule has 0 fully saturated rings. The highest BCUT2D eigenvalue weighted by Crippen LogP contribution is 2.28. The van der Waals surface area contributed by atoms with Gasteiger partial charge in [-0.3, -0.25) is 0 Å². The van der Waals surface area contributed by atoms with Crippen molar-refractivity contribution in [3.63, 3.8) is 0 Å². The van der Waals surface area contributed by atoms with Gasteiger partial charge in [-0.1, -0.05) is 29.9 Å². The van der Waals surface area contributed by atoms with Crippen LogP contribution in [0.2, 0.25) is 0 Å². The van der Waals surface area contributed by atoms with Crippen LogP contribution in [0.4, 0.5) is 0 Å². The van der Waals surface area contributed by atoms with E-state index in [4.69, 9.17) is 5.73 Å². The monoisotopic (exact) mass is 176 g/mol. The standard InChI is InChI=1S/C11H16N2/c1-13-7-5-10-8-9(4-6-12)2-3-11(10)13/h2-3,5,7-8,10-11H,4,6,12H2,1H3. The van der Waals surface area contributed by atoms with Crippen molar-refractivity contribution < 1.29 is 0 Å². The molecular formula is C11H16N2. The molecule has 0 bridgehead atoms. The van der Waals surface area contributed by atoms with Gasteiger partial charge < -0.3 is 10.6 Å². The van der Waals surface area contributed by atoms with Crippen LogP contribution in [0.15, 0.2) is 36.1 Å². The van der Waals surface area contributed by atoms with Gasteiger partial charge in [-0.15, -0.1) is 0 Å². The predicted molar refractivity (Wildman–Crippen MR) is 55.1 cm³/mol. The van der Waals surface area contributed by atoms with Crippen LogP contribution in [0.3, 0.4) is 0 Å². The average Bonchev–Trinajstić information content (AvgIpc) is 2.48. The SMILES string of the molecule is CN1C=CC2C=C(CCN)C=CC21. The van der Waals surface area contributed by atoms with Gasteiger partial charge in [-0.25, -0.2) is 0 Å². The van der Waals surface area contributed by atoms with Crippen LogP contribution in [0, 0.1) is 5.92 Å². The van der Waals surface area contributed by atoms with Crippen molar-refractivity contribution in [2.24, 2.45) is 11.7 Å². The number of allylic oxidation sites excluding steroid dienone is 1. The second kappa shape index (κ2) is 3.38. The molecule has 70 valence electrons. The third-order valence-corrected chi connectivity index (χ3v) is 2.76. The van der Waals surface area contributed by atoms with Crippen LogP contribution in [-0.2, 0) is 0 Å². The highest BCUT2D eigenvalue weighted by molar-refractivity contribution is 5.32. The minimum absolute atomic E-state index is 0.543. The lowest BCUT2D eigenvalue weighted by atomic mass is 9.92. The van der Waals surface area contributed by atoms with Gasteiger partial charge in [-0.05, 0) is 19.2 Å². The molecule has 2 heteroatoms. The molecule has 13 heavy (non-hydrogen) atoms. The fourth-order valence-electron chi connectivity index (χ4n) is 2.00. The molecule has 1 aliphatic carbocycles. The zero-order chi connectivity index (χ0) is 9.26. The van der Waals surface area contributed by atoms with E-state index in [0.717, 1.165) is 13.0 Å². The van der Waals surface area contributed by atoms with E-state index >= 15 is 0 Å². The van der Waals surface area contributed by atoms with Crippen molar-refractivity contribution in [3.8, 4) is 0 Å². The quantitative estimate of drug-likeness (QED) is 0.686. The molecule has 2 atom stereocenters. The maximum atomic E-state index is 5.52. The lowest BCUT2D eigenvalue weighted by Crippen LogP contribution is -2.27. The maximum Gasteiger partial charge on any atom is 0.0565 e. The van der Waals surface area contributed by atoms with Crippen LogP contribution in [-0.4, -0.2) is 24.5 Å². The third-order valence-electron chi connectivity index (χ3n) is 2.76. The Kier molecular flexibility index (Phi) is 2.23. The summed E-state index contributed by atoms with van der Waals surface area (Å²) in [5.41, 5.74) is 6.90. The van der Waals surface area contributed by atoms with E-state index in [1.807, 2.05) is 0 Å². The summed E-state index contributed by atoms with van der Waals surface area (Å²) in [5.74, 6) is 0.566. The maximum absolute atomic E-state index is 5.52. The summed E-state index contributed by atoms with van der Waals surface area (Å²) in [4.78, 5) is 2.25. The Hall–Kier alpha value is -1.02. The van der Waals surface area contributed by atoms with Gasteiger partial charge >= 0.3 is 0 Å². The molecular weight excluding hydrogens is 160 g/mol. The van der Waals surface area contributed by atoms with Crippen molar-refractivity contribution in [2.45, 2.75) is 12.5 Å². The Morgan fingerprint density at radius 1 is 1.46 bits per heavy atom. The molecule has 0 aromatic carbocycles. The molecule has 2 N–H and O–H groups in total. The Bertz CT molecular complexity index is 276. The fourth-order valence-corrected chi connectivity index (χ4v) is 2.00. The third kappa shape index (κ3) is 1.54. The fraction of sp³-hybridized carbons (Fsp3) is 0.455. The van der Waals surface area contributed by atoms with Gasteiger partial charge in [0.1, 0.15) is 0 Å². The highest BCUT2D eigenvalue weighted by Gasteiger charge is 2.24. The summed E-state index contributed by atoms with van der Waals surface area (Å²) >= 11 is 0. The van der Waals surface area contributed by atoms with Crippen LogP contribution in [0.1, 0.15) is 6.42 Å². The van der Waals surface area contributed by atoms with Crippen LogP contribution >= 0.6 is 0 Å². The van der Waals surface area contributed by atoms with Gasteiger partial charge in [0, 0.05) is 13.0 Å². The second-order valence-electron chi connectivity index (χ2n) is 3.71. The molecule has 0 amide bonds. The normalized spacial score (nSPS) is 30.6. The molecule has 0 spiro atoms.